The Bertz CT molecular complexity index is 7410. The van der Waals surface area contributed by atoms with Crippen molar-refractivity contribution in [1.82, 2.24) is 0 Å². The predicted octanol–water partition coefficient (Wildman–Crippen LogP) is 34.0. The van der Waals surface area contributed by atoms with Crippen LogP contribution in [0, 0.1) is 48.5 Å². The molecule has 6 nitrogen and oxygen atoms in total. The van der Waals surface area contributed by atoms with Crippen LogP contribution in [-0.2, 0) is 6.42 Å². The third-order valence-corrected chi connectivity index (χ3v) is 26.4. The quantitative estimate of drug-likeness (QED) is 0.0752. The Morgan fingerprint density at radius 1 is 0.233 bits per heavy atom. The van der Waals surface area contributed by atoms with Crippen LogP contribution in [0.5, 0.6) is 0 Å². The highest BCUT2D eigenvalue weighted by molar-refractivity contribution is 6.31. The Hall–Kier alpha value is -13.4. The van der Waals surface area contributed by atoms with Crippen molar-refractivity contribution in [2.45, 2.75) is 133 Å². The van der Waals surface area contributed by atoms with E-state index in [0.717, 1.165) is 125 Å². The maximum absolute atomic E-state index is 7.10. The van der Waals surface area contributed by atoms with E-state index in [-0.39, 0.29) is 17.8 Å². The first-order valence-corrected chi connectivity index (χ1v) is 43.0. The van der Waals surface area contributed by atoms with Gasteiger partial charge in [0.1, 0.15) is 11.2 Å². The van der Waals surface area contributed by atoms with Crippen molar-refractivity contribution in [2.24, 2.45) is 0 Å². The van der Waals surface area contributed by atoms with Gasteiger partial charge in [-0.15, -0.1) is 0 Å². The van der Waals surface area contributed by atoms with Gasteiger partial charge in [0.15, 0.2) is 11.2 Å². The first-order chi connectivity index (χ1) is 58.3. The maximum Gasteiger partial charge on any atom is 0.159 e. The first-order valence-electron chi connectivity index (χ1n) is 43.0. The standard InChI is InChI=1S/C114H100N4O2/c1-67(2)78-42-50-81(51-43-78)117(103-33-23-31-95-91-29-19-21-35-109(91)119-113(95)103)107-63-99(68(3)4)93-56-58-98-108(64-100(69(5)6)94-55-57-97(107)111(93)112(94)98)118(104-34-24-32-96-92-30-20-22-36-110(92)120-114(96)104)82-52-44-79(45-53-82)73(10)37-41-80-46-54-86(62-77(80)14)116(85-49-40-72(9)76(13)61-85)106-66-102-87-25-15-17-27-89(87)105(65-101(102)88-26-16-18-28-90(88)106)115(83-47-38-70(7)74(11)59-83)84-48-39-71(8)75(12)60-84/h15-36,38-40,42-69,73H,37,41H2,1-14H3. The normalized spacial score (nSPS) is 12.3. The molecule has 0 N–H and O–H groups in total. The van der Waals surface area contributed by atoms with Gasteiger partial charge < -0.3 is 28.4 Å². The number of aryl methyl sites for hydroxylation is 8. The molecule has 0 aliphatic heterocycles. The van der Waals surface area contributed by atoms with Gasteiger partial charge in [0.2, 0.25) is 0 Å². The molecule has 0 saturated carbocycles. The zero-order chi connectivity index (χ0) is 82.2. The van der Waals surface area contributed by atoms with E-state index in [0.29, 0.717) is 5.92 Å². The van der Waals surface area contributed by atoms with Crippen molar-refractivity contribution in [2.75, 3.05) is 19.6 Å². The summed E-state index contributed by atoms with van der Waals surface area (Å²) in [5.41, 5.74) is 32.1. The van der Waals surface area contributed by atoms with Gasteiger partial charge in [0, 0.05) is 77.2 Å². The minimum Gasteiger partial charge on any atom is -0.454 e. The first kappa shape index (κ1) is 75.3. The highest BCUT2D eigenvalue weighted by Crippen LogP contribution is 2.55. The number of anilines is 12. The fraction of sp³-hybridized carbons (Fsp3) is 0.175. The minimum atomic E-state index is 0.185. The number of fused-ring (bicyclic) bond motifs is 11. The smallest absolute Gasteiger partial charge is 0.159 e. The molecule has 1 unspecified atom stereocenters. The van der Waals surface area contributed by atoms with Crippen molar-refractivity contribution >= 4 is 177 Å². The molecule has 2 aromatic heterocycles. The van der Waals surface area contributed by atoms with Crippen molar-refractivity contribution in [1.29, 1.82) is 0 Å². The number of hydrogen-bond acceptors (Lipinski definition) is 6. The molecule has 0 aliphatic carbocycles. The molecule has 0 radical (unpaired) electrons. The third-order valence-electron chi connectivity index (χ3n) is 26.4. The highest BCUT2D eigenvalue weighted by atomic mass is 16.3. The number of para-hydroxylation sites is 4. The van der Waals surface area contributed by atoms with Crippen molar-refractivity contribution < 1.29 is 8.83 Å². The molecule has 0 bridgehead atoms. The van der Waals surface area contributed by atoms with E-state index in [9.17, 15) is 0 Å². The third kappa shape index (κ3) is 12.7. The Kier molecular flexibility index (Phi) is 18.8. The summed E-state index contributed by atoms with van der Waals surface area (Å²) in [4.78, 5) is 9.98. The molecule has 0 aliphatic rings. The predicted molar refractivity (Wildman–Crippen MR) is 515 cm³/mol. The van der Waals surface area contributed by atoms with Gasteiger partial charge in [-0.05, 0) is 316 Å². The molecule has 0 fully saturated rings. The average molecular weight is 1560 g/mol. The van der Waals surface area contributed by atoms with Crippen LogP contribution in [0.1, 0.15) is 145 Å². The molecule has 120 heavy (non-hydrogen) atoms. The second-order valence-corrected chi connectivity index (χ2v) is 34.9. The van der Waals surface area contributed by atoms with E-state index in [1.54, 1.807) is 0 Å². The number of nitrogens with zero attached hydrogens (tertiary/aromatic N) is 4. The number of benzene rings is 18. The van der Waals surface area contributed by atoms with E-state index in [2.05, 4.69) is 420 Å². The lowest BCUT2D eigenvalue weighted by Crippen LogP contribution is -2.13. The Balaban J connectivity index is 0.683. The Morgan fingerprint density at radius 2 is 0.583 bits per heavy atom. The summed E-state index contributed by atoms with van der Waals surface area (Å²) in [6.07, 6.45) is 1.89. The summed E-state index contributed by atoms with van der Waals surface area (Å²) in [6.45, 7) is 32.0. The van der Waals surface area contributed by atoms with Crippen LogP contribution in [0.15, 0.2) is 312 Å². The molecule has 0 saturated heterocycles. The zero-order valence-corrected chi connectivity index (χ0v) is 71.2. The van der Waals surface area contributed by atoms with Gasteiger partial charge in [-0.1, -0.05) is 230 Å². The van der Waals surface area contributed by atoms with Crippen LogP contribution in [0.25, 0.3) is 109 Å². The van der Waals surface area contributed by atoms with Crippen LogP contribution >= 0.6 is 0 Å². The molecule has 6 heteroatoms. The van der Waals surface area contributed by atoms with E-state index in [1.165, 1.54) is 131 Å². The maximum atomic E-state index is 7.10. The van der Waals surface area contributed by atoms with Gasteiger partial charge in [-0.2, -0.15) is 0 Å². The Labute approximate surface area is 704 Å². The van der Waals surface area contributed by atoms with Gasteiger partial charge in [0.25, 0.3) is 0 Å². The lowest BCUT2D eigenvalue weighted by Gasteiger charge is -2.31. The molecular formula is C114H100N4O2. The second kappa shape index (κ2) is 29.9. The molecule has 18 aromatic carbocycles. The van der Waals surface area contributed by atoms with Crippen LogP contribution in [0.4, 0.5) is 68.2 Å². The lowest BCUT2D eigenvalue weighted by molar-refractivity contribution is 0.668. The fourth-order valence-corrected chi connectivity index (χ4v) is 19.3. The minimum absolute atomic E-state index is 0.185. The number of rotatable bonds is 19. The molecule has 2 heterocycles. The molecule has 588 valence electrons. The van der Waals surface area contributed by atoms with Crippen LogP contribution in [0.3, 0.4) is 0 Å². The monoisotopic (exact) mass is 1560 g/mol. The van der Waals surface area contributed by atoms with E-state index in [4.69, 9.17) is 8.83 Å². The molecule has 0 spiro atoms. The second-order valence-electron chi connectivity index (χ2n) is 34.9. The van der Waals surface area contributed by atoms with Crippen molar-refractivity contribution in [3.63, 3.8) is 0 Å². The highest BCUT2D eigenvalue weighted by Gasteiger charge is 2.31. The largest absolute Gasteiger partial charge is 0.454 e. The lowest BCUT2D eigenvalue weighted by atomic mass is 9.84. The molecule has 0 amide bonds. The summed E-state index contributed by atoms with van der Waals surface area (Å²) in [5, 5.41) is 19.0. The van der Waals surface area contributed by atoms with Gasteiger partial charge in [-0.3, -0.25) is 0 Å². The number of hydrogen-bond donors (Lipinski definition) is 0. The summed E-state index contributed by atoms with van der Waals surface area (Å²) in [6, 6.07) is 115. The van der Waals surface area contributed by atoms with Gasteiger partial charge in [0.05, 0.1) is 34.1 Å². The van der Waals surface area contributed by atoms with Crippen LogP contribution in [-0.4, -0.2) is 0 Å². The summed E-state index contributed by atoms with van der Waals surface area (Å²) >= 11 is 0. The average Bonchev–Trinajstić information content (AvgIpc) is 0.771. The fourth-order valence-electron chi connectivity index (χ4n) is 19.3. The topological polar surface area (TPSA) is 39.2 Å². The molecule has 1 atom stereocenters. The SMILES string of the molecule is Cc1ccc(N(c2ccc(C)c(C)c2)c2cc3c4ccccc4c(N(c4ccc(C)c(C)c4)c4ccc(CCC(C)c5ccc(N(c6cc(C(C)C)c7ccc8c(N(c9ccc(C(C)C)cc9)c9cccc%10c9oc9ccccc9%10)cc(C(C)C)c9ccc6c7c98)c6cccc7c6oc6ccccc67)cc5)c(C)c4)cc3c3ccccc23)cc1C. The molecule has 20 aromatic rings. The summed E-state index contributed by atoms with van der Waals surface area (Å²) in [5.74, 6) is 1.02. The van der Waals surface area contributed by atoms with Crippen LogP contribution in [0.2, 0.25) is 0 Å². The summed E-state index contributed by atoms with van der Waals surface area (Å²) in [7, 11) is 0. The zero-order valence-electron chi connectivity index (χ0n) is 71.2. The van der Waals surface area contributed by atoms with Crippen molar-refractivity contribution in [3.05, 3.63) is 370 Å². The van der Waals surface area contributed by atoms with Crippen LogP contribution < -0.4 is 19.6 Å². The van der Waals surface area contributed by atoms with Crippen molar-refractivity contribution in [3.8, 4) is 0 Å². The van der Waals surface area contributed by atoms with Gasteiger partial charge in [-0.25, -0.2) is 0 Å². The van der Waals surface area contributed by atoms with E-state index in [1.807, 2.05) is 0 Å². The van der Waals surface area contributed by atoms with E-state index < -0.39 is 0 Å². The summed E-state index contributed by atoms with van der Waals surface area (Å²) < 4.78 is 14.1. The number of furan rings is 2. The molecular weight excluding hydrogens is 1460 g/mol. The van der Waals surface area contributed by atoms with Gasteiger partial charge >= 0.3 is 0 Å². The Morgan fingerprint density at radius 3 is 0.983 bits per heavy atom. The van der Waals surface area contributed by atoms with E-state index >= 15 is 0 Å². The molecule has 20 rings (SSSR count).